The number of carboxylic acids is 1. The lowest BCUT2D eigenvalue weighted by Gasteiger charge is -2.09. The standard InChI is InChI=1S/C14H13NO3/c1-9-4-3-5-11(13(9)14(16)17)10-6-7-15-12(8-10)18-2/h3-8H,1-2H3,(H,16,17). The van der Waals surface area contributed by atoms with Crippen LogP contribution in [0.25, 0.3) is 11.1 Å². The highest BCUT2D eigenvalue weighted by atomic mass is 16.5. The number of aromatic nitrogens is 1. The maximum absolute atomic E-state index is 11.3. The summed E-state index contributed by atoms with van der Waals surface area (Å²) in [6.07, 6.45) is 1.60. The summed E-state index contributed by atoms with van der Waals surface area (Å²) in [5.74, 6) is -0.468. The molecule has 0 saturated carbocycles. The molecule has 1 N–H and O–H groups in total. The van der Waals surface area contributed by atoms with E-state index < -0.39 is 5.97 Å². The summed E-state index contributed by atoms with van der Waals surface area (Å²) in [6, 6.07) is 8.89. The van der Waals surface area contributed by atoms with Crippen LogP contribution in [-0.2, 0) is 0 Å². The smallest absolute Gasteiger partial charge is 0.336 e. The average molecular weight is 243 g/mol. The van der Waals surface area contributed by atoms with E-state index >= 15 is 0 Å². The van der Waals surface area contributed by atoms with E-state index in [-0.39, 0.29) is 0 Å². The highest BCUT2D eigenvalue weighted by Crippen LogP contribution is 2.27. The summed E-state index contributed by atoms with van der Waals surface area (Å²) >= 11 is 0. The van der Waals surface area contributed by atoms with Gasteiger partial charge in [0, 0.05) is 12.3 Å². The second-order valence-electron chi connectivity index (χ2n) is 3.89. The molecule has 0 aliphatic heterocycles. The summed E-state index contributed by atoms with van der Waals surface area (Å²) < 4.78 is 5.05. The van der Waals surface area contributed by atoms with Crippen molar-refractivity contribution < 1.29 is 14.6 Å². The number of pyridine rings is 1. The first kappa shape index (κ1) is 12.1. The fourth-order valence-electron chi connectivity index (χ4n) is 1.88. The van der Waals surface area contributed by atoms with Crippen molar-refractivity contribution in [3.05, 3.63) is 47.7 Å². The summed E-state index contributed by atoms with van der Waals surface area (Å²) in [6.45, 7) is 1.78. The third kappa shape index (κ3) is 2.18. The van der Waals surface area contributed by atoms with Gasteiger partial charge in [0.2, 0.25) is 5.88 Å². The van der Waals surface area contributed by atoms with Crippen molar-refractivity contribution in [1.82, 2.24) is 4.98 Å². The molecule has 0 unspecified atom stereocenters. The fourth-order valence-corrected chi connectivity index (χ4v) is 1.88. The van der Waals surface area contributed by atoms with E-state index in [0.717, 1.165) is 11.1 Å². The Morgan fingerprint density at radius 3 is 2.78 bits per heavy atom. The number of hydrogen-bond acceptors (Lipinski definition) is 3. The molecule has 0 aliphatic carbocycles. The van der Waals surface area contributed by atoms with Crippen LogP contribution in [0.15, 0.2) is 36.5 Å². The number of carboxylic acid groups (broad SMARTS) is 1. The second kappa shape index (κ2) is 4.87. The number of aryl methyl sites for hydroxylation is 1. The summed E-state index contributed by atoms with van der Waals surface area (Å²) in [4.78, 5) is 15.3. The Bertz CT molecular complexity index is 593. The van der Waals surface area contributed by atoms with Crippen molar-refractivity contribution in [2.24, 2.45) is 0 Å². The Morgan fingerprint density at radius 2 is 2.11 bits per heavy atom. The minimum Gasteiger partial charge on any atom is -0.481 e. The largest absolute Gasteiger partial charge is 0.481 e. The van der Waals surface area contributed by atoms with Crippen molar-refractivity contribution in [2.75, 3.05) is 7.11 Å². The quantitative estimate of drug-likeness (QED) is 0.900. The molecule has 0 saturated heterocycles. The average Bonchev–Trinajstić information content (AvgIpc) is 2.38. The van der Waals surface area contributed by atoms with Gasteiger partial charge in [-0.1, -0.05) is 18.2 Å². The highest BCUT2D eigenvalue weighted by molar-refractivity contribution is 5.97. The van der Waals surface area contributed by atoms with E-state index in [4.69, 9.17) is 4.74 Å². The van der Waals surface area contributed by atoms with Crippen LogP contribution in [0.5, 0.6) is 5.88 Å². The summed E-state index contributed by atoms with van der Waals surface area (Å²) in [7, 11) is 1.53. The molecule has 92 valence electrons. The van der Waals surface area contributed by atoms with Crippen LogP contribution in [0.2, 0.25) is 0 Å². The van der Waals surface area contributed by atoms with Gasteiger partial charge < -0.3 is 9.84 Å². The zero-order valence-corrected chi connectivity index (χ0v) is 10.2. The van der Waals surface area contributed by atoms with E-state index in [1.54, 1.807) is 37.4 Å². The molecule has 1 aromatic carbocycles. The van der Waals surface area contributed by atoms with Gasteiger partial charge in [0.05, 0.1) is 12.7 Å². The zero-order chi connectivity index (χ0) is 13.1. The molecule has 4 nitrogen and oxygen atoms in total. The molecular formula is C14H13NO3. The van der Waals surface area contributed by atoms with Crippen LogP contribution in [0.3, 0.4) is 0 Å². The third-order valence-electron chi connectivity index (χ3n) is 2.74. The maximum atomic E-state index is 11.3. The van der Waals surface area contributed by atoms with Gasteiger partial charge in [0.25, 0.3) is 0 Å². The highest BCUT2D eigenvalue weighted by Gasteiger charge is 2.14. The predicted octanol–water partition coefficient (Wildman–Crippen LogP) is 2.76. The molecule has 0 bridgehead atoms. The molecule has 2 aromatic rings. The van der Waals surface area contributed by atoms with Gasteiger partial charge in [0.1, 0.15) is 0 Å². The van der Waals surface area contributed by atoms with E-state index in [0.29, 0.717) is 17.0 Å². The molecule has 0 aliphatic rings. The zero-order valence-electron chi connectivity index (χ0n) is 10.2. The molecule has 0 spiro atoms. The molecule has 1 heterocycles. The molecular weight excluding hydrogens is 230 g/mol. The van der Waals surface area contributed by atoms with Crippen molar-refractivity contribution in [3.8, 4) is 17.0 Å². The Kier molecular flexibility index (Phi) is 3.28. The number of benzene rings is 1. The molecule has 4 heteroatoms. The lowest BCUT2D eigenvalue weighted by atomic mass is 9.97. The minimum atomic E-state index is -0.932. The Hall–Kier alpha value is -2.36. The van der Waals surface area contributed by atoms with Crippen LogP contribution in [-0.4, -0.2) is 23.2 Å². The van der Waals surface area contributed by atoms with Crippen LogP contribution < -0.4 is 4.74 Å². The van der Waals surface area contributed by atoms with Gasteiger partial charge in [-0.3, -0.25) is 0 Å². The van der Waals surface area contributed by atoms with Gasteiger partial charge in [-0.25, -0.2) is 9.78 Å². The number of nitrogens with zero attached hydrogens (tertiary/aromatic N) is 1. The topological polar surface area (TPSA) is 59.4 Å². The Morgan fingerprint density at radius 1 is 1.33 bits per heavy atom. The number of ether oxygens (including phenoxy) is 1. The molecule has 0 fully saturated rings. The SMILES string of the molecule is COc1cc(-c2cccc(C)c2C(=O)O)ccn1. The molecule has 0 radical (unpaired) electrons. The van der Waals surface area contributed by atoms with Crippen molar-refractivity contribution >= 4 is 5.97 Å². The monoisotopic (exact) mass is 243 g/mol. The first-order valence-electron chi connectivity index (χ1n) is 5.47. The molecule has 1 aromatic heterocycles. The maximum Gasteiger partial charge on any atom is 0.336 e. The first-order valence-corrected chi connectivity index (χ1v) is 5.47. The third-order valence-corrected chi connectivity index (χ3v) is 2.74. The van der Waals surface area contributed by atoms with Crippen molar-refractivity contribution in [1.29, 1.82) is 0 Å². The van der Waals surface area contributed by atoms with Crippen LogP contribution in [0, 0.1) is 6.92 Å². The predicted molar refractivity (Wildman–Crippen MR) is 67.9 cm³/mol. The van der Waals surface area contributed by atoms with Gasteiger partial charge in [-0.2, -0.15) is 0 Å². The van der Waals surface area contributed by atoms with Gasteiger partial charge >= 0.3 is 5.97 Å². The van der Waals surface area contributed by atoms with Crippen molar-refractivity contribution in [3.63, 3.8) is 0 Å². The van der Waals surface area contributed by atoms with E-state index in [9.17, 15) is 9.90 Å². The van der Waals surface area contributed by atoms with Crippen molar-refractivity contribution in [2.45, 2.75) is 6.92 Å². The minimum absolute atomic E-state index is 0.311. The van der Waals surface area contributed by atoms with Gasteiger partial charge in [-0.15, -0.1) is 0 Å². The normalized spacial score (nSPS) is 10.1. The van der Waals surface area contributed by atoms with Crippen LogP contribution in [0.1, 0.15) is 15.9 Å². The lowest BCUT2D eigenvalue weighted by molar-refractivity contribution is 0.0697. The molecule has 0 atom stereocenters. The fraction of sp³-hybridized carbons (Fsp3) is 0.143. The van der Waals surface area contributed by atoms with E-state index in [1.165, 1.54) is 7.11 Å². The number of carbonyl (C=O) groups is 1. The molecule has 2 rings (SSSR count). The Balaban J connectivity index is 2.63. The number of aromatic carboxylic acids is 1. The molecule has 0 amide bonds. The van der Waals surface area contributed by atoms with E-state index in [1.807, 2.05) is 6.07 Å². The van der Waals surface area contributed by atoms with Crippen LogP contribution >= 0.6 is 0 Å². The van der Waals surface area contributed by atoms with Gasteiger partial charge in [0.15, 0.2) is 0 Å². The van der Waals surface area contributed by atoms with Crippen LogP contribution in [0.4, 0.5) is 0 Å². The molecule has 18 heavy (non-hydrogen) atoms. The van der Waals surface area contributed by atoms with Gasteiger partial charge in [-0.05, 0) is 29.7 Å². The number of methoxy groups -OCH3 is 1. The summed E-state index contributed by atoms with van der Waals surface area (Å²) in [5.41, 5.74) is 2.49. The lowest BCUT2D eigenvalue weighted by Crippen LogP contribution is -2.02. The number of rotatable bonds is 3. The second-order valence-corrected chi connectivity index (χ2v) is 3.89. The Labute approximate surface area is 105 Å². The number of hydrogen-bond donors (Lipinski definition) is 1. The van der Waals surface area contributed by atoms with E-state index in [2.05, 4.69) is 4.98 Å². The summed E-state index contributed by atoms with van der Waals surface area (Å²) in [5, 5.41) is 9.29. The first-order chi connectivity index (χ1) is 8.63.